The Morgan fingerprint density at radius 2 is 2.04 bits per heavy atom. The van der Waals surface area contributed by atoms with Crippen molar-refractivity contribution in [2.24, 2.45) is 5.92 Å². The Balaban J connectivity index is 1.46. The highest BCUT2D eigenvalue weighted by molar-refractivity contribution is 5.94. The van der Waals surface area contributed by atoms with Crippen molar-refractivity contribution in [3.63, 3.8) is 0 Å². The molecule has 0 aliphatic heterocycles. The number of rotatable bonds is 7. The molecular weight excluding hydrogens is 316 g/mol. The summed E-state index contributed by atoms with van der Waals surface area (Å²) in [7, 11) is 0. The normalized spacial score (nSPS) is 13.5. The molecule has 1 aliphatic rings. The first-order valence-corrected chi connectivity index (χ1v) is 8.69. The minimum absolute atomic E-state index is 0.0139. The van der Waals surface area contributed by atoms with Crippen LogP contribution in [0.3, 0.4) is 0 Å². The molecule has 25 heavy (non-hydrogen) atoms. The molecule has 2 amide bonds. The summed E-state index contributed by atoms with van der Waals surface area (Å²) in [5, 5.41) is 10.2. The standard InChI is InChI=1S/C19H24N4O2/c1-13-10-14(2)23(22-13)9-8-18(24)20-12-15-4-3-5-17(11-15)21-19(25)16-6-7-16/h3-5,10-11,16H,6-9,12H2,1-2H3,(H,20,24)(H,21,25). The van der Waals surface area contributed by atoms with Gasteiger partial charge < -0.3 is 10.6 Å². The lowest BCUT2D eigenvalue weighted by atomic mass is 10.2. The van der Waals surface area contributed by atoms with Gasteiger partial charge in [-0.15, -0.1) is 0 Å². The van der Waals surface area contributed by atoms with E-state index < -0.39 is 0 Å². The highest BCUT2D eigenvalue weighted by Gasteiger charge is 2.29. The maximum absolute atomic E-state index is 12.0. The molecule has 1 aromatic carbocycles. The lowest BCUT2D eigenvalue weighted by Gasteiger charge is -2.09. The van der Waals surface area contributed by atoms with Crippen molar-refractivity contribution in [2.75, 3.05) is 5.32 Å². The zero-order valence-corrected chi connectivity index (χ0v) is 14.7. The van der Waals surface area contributed by atoms with Crippen LogP contribution in [0.25, 0.3) is 0 Å². The molecule has 0 atom stereocenters. The van der Waals surface area contributed by atoms with E-state index in [1.54, 1.807) is 0 Å². The summed E-state index contributed by atoms with van der Waals surface area (Å²) in [6.45, 7) is 4.95. The average molecular weight is 340 g/mol. The third-order valence-electron chi connectivity index (χ3n) is 4.29. The molecule has 2 N–H and O–H groups in total. The Bertz CT molecular complexity index is 777. The van der Waals surface area contributed by atoms with E-state index in [2.05, 4.69) is 15.7 Å². The summed E-state index contributed by atoms with van der Waals surface area (Å²) in [5.74, 6) is 0.254. The summed E-state index contributed by atoms with van der Waals surface area (Å²) < 4.78 is 1.85. The smallest absolute Gasteiger partial charge is 0.227 e. The predicted octanol–water partition coefficient (Wildman–Crippen LogP) is 2.55. The van der Waals surface area contributed by atoms with E-state index in [4.69, 9.17) is 0 Å². The third-order valence-corrected chi connectivity index (χ3v) is 4.29. The summed E-state index contributed by atoms with van der Waals surface area (Å²) >= 11 is 0. The highest BCUT2D eigenvalue weighted by Crippen LogP contribution is 2.30. The third kappa shape index (κ3) is 4.92. The number of nitrogens with one attached hydrogen (secondary N) is 2. The summed E-state index contributed by atoms with van der Waals surface area (Å²) in [6.07, 6.45) is 2.35. The highest BCUT2D eigenvalue weighted by atomic mass is 16.2. The van der Waals surface area contributed by atoms with Gasteiger partial charge in [0.15, 0.2) is 0 Å². The van der Waals surface area contributed by atoms with Crippen LogP contribution < -0.4 is 10.6 Å². The van der Waals surface area contributed by atoms with Gasteiger partial charge in [0, 0.05) is 36.8 Å². The van der Waals surface area contributed by atoms with Crippen molar-refractivity contribution in [3.8, 4) is 0 Å². The fraction of sp³-hybridized carbons (Fsp3) is 0.421. The molecule has 1 fully saturated rings. The SMILES string of the molecule is Cc1cc(C)n(CCC(=O)NCc2cccc(NC(=O)C3CC3)c2)n1. The molecule has 1 aromatic heterocycles. The van der Waals surface area contributed by atoms with Gasteiger partial charge in [0.2, 0.25) is 11.8 Å². The first-order valence-electron chi connectivity index (χ1n) is 8.69. The van der Waals surface area contributed by atoms with Crippen LogP contribution in [0.15, 0.2) is 30.3 Å². The van der Waals surface area contributed by atoms with Crippen LogP contribution in [-0.2, 0) is 22.7 Å². The molecule has 132 valence electrons. The van der Waals surface area contributed by atoms with Gasteiger partial charge in [-0.25, -0.2) is 0 Å². The molecule has 0 radical (unpaired) electrons. The van der Waals surface area contributed by atoms with E-state index in [-0.39, 0.29) is 17.7 Å². The van der Waals surface area contributed by atoms with Crippen LogP contribution in [-0.4, -0.2) is 21.6 Å². The van der Waals surface area contributed by atoms with E-state index >= 15 is 0 Å². The molecule has 1 aliphatic carbocycles. The number of carbonyl (C=O) groups is 2. The molecule has 6 heteroatoms. The average Bonchev–Trinajstić information content (AvgIpc) is 3.37. The second-order valence-corrected chi connectivity index (χ2v) is 6.64. The van der Waals surface area contributed by atoms with Gasteiger partial charge in [0.1, 0.15) is 0 Å². The predicted molar refractivity (Wildman–Crippen MR) is 96.0 cm³/mol. The zero-order chi connectivity index (χ0) is 17.8. The number of nitrogens with zero attached hydrogens (tertiary/aromatic N) is 2. The molecule has 0 bridgehead atoms. The van der Waals surface area contributed by atoms with Crippen LogP contribution in [0.5, 0.6) is 0 Å². The fourth-order valence-electron chi connectivity index (χ4n) is 2.75. The minimum Gasteiger partial charge on any atom is -0.352 e. The topological polar surface area (TPSA) is 76.0 Å². The summed E-state index contributed by atoms with van der Waals surface area (Å²) in [5.41, 5.74) is 3.77. The second kappa shape index (κ2) is 7.51. The first kappa shape index (κ1) is 17.2. The molecule has 3 rings (SSSR count). The molecule has 1 saturated carbocycles. The number of hydrogen-bond acceptors (Lipinski definition) is 3. The van der Waals surface area contributed by atoms with Crippen LogP contribution in [0, 0.1) is 19.8 Å². The number of amides is 2. The van der Waals surface area contributed by atoms with Crippen molar-refractivity contribution < 1.29 is 9.59 Å². The minimum atomic E-state index is -0.0139. The largest absolute Gasteiger partial charge is 0.352 e. The van der Waals surface area contributed by atoms with Crippen molar-refractivity contribution in [2.45, 2.75) is 46.2 Å². The van der Waals surface area contributed by atoms with Crippen LogP contribution >= 0.6 is 0 Å². The van der Waals surface area contributed by atoms with Gasteiger partial charge >= 0.3 is 0 Å². The van der Waals surface area contributed by atoms with Crippen molar-refractivity contribution in [1.82, 2.24) is 15.1 Å². The summed E-state index contributed by atoms with van der Waals surface area (Å²) in [4.78, 5) is 23.9. The number of benzene rings is 1. The molecular formula is C19H24N4O2. The Hall–Kier alpha value is -2.63. The Morgan fingerprint density at radius 3 is 2.72 bits per heavy atom. The molecule has 0 saturated heterocycles. The van der Waals surface area contributed by atoms with Crippen LogP contribution in [0.1, 0.15) is 36.2 Å². The van der Waals surface area contributed by atoms with Gasteiger partial charge in [0.25, 0.3) is 0 Å². The molecule has 0 spiro atoms. The van der Waals surface area contributed by atoms with Crippen LogP contribution in [0.2, 0.25) is 0 Å². The lowest BCUT2D eigenvalue weighted by molar-refractivity contribution is -0.121. The van der Waals surface area contributed by atoms with Crippen LogP contribution in [0.4, 0.5) is 5.69 Å². The van der Waals surface area contributed by atoms with E-state index in [0.29, 0.717) is 19.5 Å². The lowest BCUT2D eigenvalue weighted by Crippen LogP contribution is -2.24. The van der Waals surface area contributed by atoms with Gasteiger partial charge in [-0.2, -0.15) is 5.10 Å². The second-order valence-electron chi connectivity index (χ2n) is 6.64. The monoisotopic (exact) mass is 340 g/mol. The number of aromatic nitrogens is 2. The van der Waals surface area contributed by atoms with E-state index in [0.717, 1.165) is 35.5 Å². The Labute approximate surface area is 147 Å². The quantitative estimate of drug-likeness (QED) is 0.813. The van der Waals surface area contributed by atoms with E-state index in [1.165, 1.54) is 0 Å². The molecule has 1 heterocycles. The molecule has 6 nitrogen and oxygen atoms in total. The van der Waals surface area contributed by atoms with Gasteiger partial charge in [-0.05, 0) is 50.5 Å². The summed E-state index contributed by atoms with van der Waals surface area (Å²) in [6, 6.07) is 9.60. The first-order chi connectivity index (χ1) is 12.0. The van der Waals surface area contributed by atoms with Gasteiger partial charge in [-0.3, -0.25) is 14.3 Å². The van der Waals surface area contributed by atoms with E-state index in [1.807, 2.05) is 48.9 Å². The number of anilines is 1. The Kier molecular flexibility index (Phi) is 5.16. The van der Waals surface area contributed by atoms with Crippen molar-refractivity contribution in [1.29, 1.82) is 0 Å². The number of hydrogen-bond donors (Lipinski definition) is 2. The van der Waals surface area contributed by atoms with Crippen molar-refractivity contribution >= 4 is 17.5 Å². The number of carbonyl (C=O) groups excluding carboxylic acids is 2. The molecule has 0 unspecified atom stereocenters. The van der Waals surface area contributed by atoms with Gasteiger partial charge in [0.05, 0.1) is 5.69 Å². The maximum Gasteiger partial charge on any atom is 0.227 e. The fourth-order valence-corrected chi connectivity index (χ4v) is 2.75. The van der Waals surface area contributed by atoms with E-state index in [9.17, 15) is 9.59 Å². The number of aryl methyl sites for hydroxylation is 3. The Morgan fingerprint density at radius 1 is 1.24 bits per heavy atom. The van der Waals surface area contributed by atoms with Gasteiger partial charge in [-0.1, -0.05) is 12.1 Å². The maximum atomic E-state index is 12.0. The zero-order valence-electron chi connectivity index (χ0n) is 14.7. The molecule has 2 aromatic rings. The van der Waals surface area contributed by atoms with Crippen molar-refractivity contribution in [3.05, 3.63) is 47.3 Å².